The predicted octanol–water partition coefficient (Wildman–Crippen LogP) is 2.81. The lowest BCUT2D eigenvalue weighted by Crippen LogP contribution is -2.44. The van der Waals surface area contributed by atoms with Crippen molar-refractivity contribution in [3.8, 4) is 5.88 Å². The highest BCUT2D eigenvalue weighted by molar-refractivity contribution is 5.82. The van der Waals surface area contributed by atoms with Gasteiger partial charge in [0.05, 0.1) is 25.1 Å². The van der Waals surface area contributed by atoms with Crippen molar-refractivity contribution >= 4 is 23.2 Å². The number of hydrogen-bond donors (Lipinski definition) is 1. The summed E-state index contributed by atoms with van der Waals surface area (Å²) in [7, 11) is 1.72. The molecular weight excluding hydrogens is 392 g/mol. The van der Waals surface area contributed by atoms with Gasteiger partial charge in [-0.15, -0.1) is 0 Å². The van der Waals surface area contributed by atoms with Crippen molar-refractivity contribution in [3.63, 3.8) is 0 Å². The first-order valence-corrected chi connectivity index (χ1v) is 10.8. The van der Waals surface area contributed by atoms with Crippen molar-refractivity contribution < 1.29 is 9.47 Å². The van der Waals surface area contributed by atoms with Crippen LogP contribution in [0.1, 0.15) is 31.5 Å². The summed E-state index contributed by atoms with van der Waals surface area (Å²) < 4.78 is 12.2. The molecule has 0 radical (unpaired) electrons. The molecule has 2 aromatic heterocycles. The Labute approximate surface area is 183 Å². The van der Waals surface area contributed by atoms with Gasteiger partial charge in [0.1, 0.15) is 6.10 Å². The molecule has 8 nitrogen and oxygen atoms in total. The number of anilines is 1. The number of aryl methyl sites for hydroxylation is 2. The van der Waals surface area contributed by atoms with Crippen LogP contribution in [0.3, 0.4) is 0 Å². The molecule has 0 bridgehead atoms. The summed E-state index contributed by atoms with van der Waals surface area (Å²) in [4.78, 5) is 20.5. The Morgan fingerprint density at radius 1 is 1.35 bits per heavy atom. The van der Waals surface area contributed by atoms with Crippen LogP contribution in [0.5, 0.6) is 5.88 Å². The van der Waals surface area contributed by atoms with Crippen molar-refractivity contribution in [1.82, 2.24) is 15.0 Å². The van der Waals surface area contributed by atoms with Gasteiger partial charge < -0.3 is 20.1 Å². The summed E-state index contributed by atoms with van der Waals surface area (Å²) in [5.41, 5.74) is 9.69. The van der Waals surface area contributed by atoms with Gasteiger partial charge in [-0.05, 0) is 43.2 Å². The third kappa shape index (κ3) is 4.49. The molecular formula is C23H32N6O2. The summed E-state index contributed by atoms with van der Waals surface area (Å²) in [6, 6.07) is 2.07. The molecule has 2 fully saturated rings. The average molecular weight is 425 g/mol. The average Bonchev–Trinajstić information content (AvgIpc) is 3.37. The van der Waals surface area contributed by atoms with E-state index >= 15 is 0 Å². The van der Waals surface area contributed by atoms with Crippen LogP contribution in [-0.2, 0) is 4.74 Å². The van der Waals surface area contributed by atoms with Crippen molar-refractivity contribution in [1.29, 1.82) is 0 Å². The second kappa shape index (κ2) is 8.42. The van der Waals surface area contributed by atoms with E-state index in [2.05, 4.69) is 29.8 Å². The number of ether oxygens (including phenoxy) is 2. The summed E-state index contributed by atoms with van der Waals surface area (Å²) in [5.74, 6) is 1.76. The van der Waals surface area contributed by atoms with Gasteiger partial charge in [0.15, 0.2) is 5.65 Å². The van der Waals surface area contributed by atoms with E-state index in [1.54, 1.807) is 19.5 Å². The van der Waals surface area contributed by atoms with E-state index in [1.807, 2.05) is 13.8 Å². The number of rotatable bonds is 6. The van der Waals surface area contributed by atoms with E-state index < -0.39 is 0 Å². The van der Waals surface area contributed by atoms with Gasteiger partial charge in [-0.1, -0.05) is 13.8 Å². The first kappa shape index (κ1) is 21.5. The molecule has 31 heavy (non-hydrogen) atoms. The molecule has 1 aliphatic carbocycles. The van der Waals surface area contributed by atoms with E-state index in [0.717, 1.165) is 22.2 Å². The molecule has 2 aliphatic rings. The van der Waals surface area contributed by atoms with Crippen LogP contribution in [0.15, 0.2) is 22.8 Å². The van der Waals surface area contributed by atoms with Crippen LogP contribution < -0.4 is 15.4 Å². The lowest BCUT2D eigenvalue weighted by atomic mass is 10.1. The van der Waals surface area contributed by atoms with Gasteiger partial charge in [-0.3, -0.25) is 4.99 Å². The van der Waals surface area contributed by atoms with Crippen LogP contribution in [0, 0.1) is 25.2 Å². The molecule has 1 saturated heterocycles. The first-order valence-electron chi connectivity index (χ1n) is 10.8. The van der Waals surface area contributed by atoms with Gasteiger partial charge in [-0.2, -0.15) is 9.97 Å². The Bertz CT molecular complexity index is 1030. The zero-order chi connectivity index (χ0) is 22.2. The molecule has 8 heteroatoms. The number of nitrogens with zero attached hydrogens (tertiary/aromatic N) is 5. The van der Waals surface area contributed by atoms with Crippen LogP contribution in [0.25, 0.3) is 11.0 Å². The SMILES string of the molecule is CN=C/C(=C\N)[C@H]1CN(c2nc(OC[C@H]3CC3(C)C)c3cc(C)c(C)nc3n2)CCO1. The monoisotopic (exact) mass is 424 g/mol. The first-order chi connectivity index (χ1) is 14.8. The largest absolute Gasteiger partial charge is 0.477 e. The highest BCUT2D eigenvalue weighted by Crippen LogP contribution is 2.51. The maximum Gasteiger partial charge on any atom is 0.230 e. The molecule has 0 amide bonds. The number of aliphatic imine (C=N–C) groups is 1. The predicted molar refractivity (Wildman–Crippen MR) is 123 cm³/mol. The molecule has 0 unspecified atom stereocenters. The number of hydrogen-bond acceptors (Lipinski definition) is 8. The van der Waals surface area contributed by atoms with E-state index in [-0.39, 0.29) is 6.10 Å². The van der Waals surface area contributed by atoms with Crippen LogP contribution in [0.4, 0.5) is 5.95 Å². The fraction of sp³-hybridized carbons (Fsp3) is 0.565. The summed E-state index contributed by atoms with van der Waals surface area (Å²) in [6.07, 6.45) is 4.26. The Morgan fingerprint density at radius 2 is 2.13 bits per heavy atom. The second-order valence-electron chi connectivity index (χ2n) is 9.15. The highest BCUT2D eigenvalue weighted by Gasteiger charge is 2.46. The fourth-order valence-electron chi connectivity index (χ4n) is 3.91. The maximum atomic E-state index is 6.24. The molecule has 166 valence electrons. The van der Waals surface area contributed by atoms with Gasteiger partial charge in [0.2, 0.25) is 11.8 Å². The van der Waals surface area contributed by atoms with E-state index in [0.29, 0.717) is 55.1 Å². The van der Waals surface area contributed by atoms with E-state index in [4.69, 9.17) is 30.2 Å². The maximum absolute atomic E-state index is 6.24. The molecule has 1 aliphatic heterocycles. The number of nitrogens with two attached hydrogens (primary N) is 1. The van der Waals surface area contributed by atoms with Crippen molar-refractivity contribution in [2.75, 3.05) is 38.3 Å². The number of morpholine rings is 1. The Kier molecular flexibility index (Phi) is 5.83. The summed E-state index contributed by atoms with van der Waals surface area (Å²) in [5, 5.41) is 0.857. The summed E-state index contributed by atoms with van der Waals surface area (Å²) >= 11 is 0. The van der Waals surface area contributed by atoms with Gasteiger partial charge in [0, 0.05) is 37.3 Å². The van der Waals surface area contributed by atoms with Crippen LogP contribution in [-0.4, -0.2) is 60.6 Å². The molecule has 2 N–H and O–H groups in total. The van der Waals surface area contributed by atoms with E-state index in [9.17, 15) is 0 Å². The molecule has 0 spiro atoms. The van der Waals surface area contributed by atoms with E-state index in [1.165, 1.54) is 6.42 Å². The Hall–Kier alpha value is -2.74. The Morgan fingerprint density at radius 3 is 2.81 bits per heavy atom. The second-order valence-corrected chi connectivity index (χ2v) is 9.15. The minimum atomic E-state index is -0.189. The fourth-order valence-corrected chi connectivity index (χ4v) is 3.91. The smallest absolute Gasteiger partial charge is 0.230 e. The quantitative estimate of drug-likeness (QED) is 0.712. The minimum Gasteiger partial charge on any atom is -0.477 e. The van der Waals surface area contributed by atoms with Crippen LogP contribution >= 0.6 is 0 Å². The van der Waals surface area contributed by atoms with Crippen molar-refractivity contribution in [3.05, 3.63) is 29.1 Å². The molecule has 4 rings (SSSR count). The zero-order valence-electron chi connectivity index (χ0n) is 19.1. The standard InChI is InChI=1S/C23H32N6O2/c1-14-8-18-20(26-15(14)2)27-22(28-21(18)31-13-17-9-23(17,3)4)29-6-7-30-19(12-29)16(10-24)11-25-5/h8,10-11,17,19H,6-7,9,12-13,24H2,1-5H3/b16-10+,25-11?/t17-,19-/m1/s1. The number of fused-ring (bicyclic) bond motifs is 1. The molecule has 3 heterocycles. The number of aromatic nitrogens is 3. The van der Waals surface area contributed by atoms with Gasteiger partial charge >= 0.3 is 0 Å². The lowest BCUT2D eigenvalue weighted by Gasteiger charge is -2.33. The molecule has 2 atom stereocenters. The minimum absolute atomic E-state index is 0.189. The van der Waals surface area contributed by atoms with Crippen LogP contribution in [0.2, 0.25) is 0 Å². The summed E-state index contributed by atoms with van der Waals surface area (Å²) in [6.45, 7) is 11.1. The van der Waals surface area contributed by atoms with Gasteiger partial charge in [-0.25, -0.2) is 4.98 Å². The molecule has 1 saturated carbocycles. The topological polar surface area (TPSA) is 98.8 Å². The molecule has 0 aromatic carbocycles. The Balaban J connectivity index is 1.66. The van der Waals surface area contributed by atoms with Gasteiger partial charge in [0.25, 0.3) is 0 Å². The highest BCUT2D eigenvalue weighted by atomic mass is 16.5. The number of pyridine rings is 1. The normalized spacial score (nSPS) is 23.5. The zero-order valence-corrected chi connectivity index (χ0v) is 19.1. The molecule has 2 aromatic rings. The van der Waals surface area contributed by atoms with Crippen molar-refractivity contribution in [2.24, 2.45) is 22.1 Å². The third-order valence-corrected chi connectivity index (χ3v) is 6.41. The van der Waals surface area contributed by atoms with Crippen molar-refractivity contribution in [2.45, 2.75) is 40.2 Å². The third-order valence-electron chi connectivity index (χ3n) is 6.41. The lowest BCUT2D eigenvalue weighted by molar-refractivity contribution is 0.0673.